The number of aromatic nitrogens is 1. The number of anilines is 1. The summed E-state index contributed by atoms with van der Waals surface area (Å²) in [5.41, 5.74) is 1.79. The number of fused-ring (bicyclic) bond motifs is 1. The average molecular weight is 273 g/mol. The van der Waals surface area contributed by atoms with Gasteiger partial charge in [0.15, 0.2) is 5.13 Å². The van der Waals surface area contributed by atoms with Crippen LogP contribution in [0.25, 0.3) is 0 Å². The monoisotopic (exact) mass is 273 g/mol. The summed E-state index contributed by atoms with van der Waals surface area (Å²) in [5, 5.41) is 6.94. The van der Waals surface area contributed by atoms with Crippen LogP contribution >= 0.6 is 11.3 Å². The van der Waals surface area contributed by atoms with Gasteiger partial charge in [0.1, 0.15) is 0 Å². The van der Waals surface area contributed by atoms with Gasteiger partial charge in [-0.05, 0) is 18.6 Å². The Kier molecular flexibility index (Phi) is 3.57. The molecule has 1 aromatic carbocycles. The van der Waals surface area contributed by atoms with Gasteiger partial charge in [-0.15, -0.1) is 11.3 Å². The second-order valence-corrected chi connectivity index (χ2v) is 5.54. The van der Waals surface area contributed by atoms with Crippen LogP contribution in [0.15, 0.2) is 30.3 Å². The molecule has 2 heterocycles. The van der Waals surface area contributed by atoms with Gasteiger partial charge in [-0.2, -0.15) is 0 Å². The maximum atomic E-state index is 12.0. The van der Waals surface area contributed by atoms with Crippen molar-refractivity contribution in [3.63, 3.8) is 0 Å². The summed E-state index contributed by atoms with van der Waals surface area (Å²) in [6.07, 6.45) is 1.93. The second-order valence-electron chi connectivity index (χ2n) is 4.46. The molecule has 1 amide bonds. The smallest absolute Gasteiger partial charge is 0.257 e. The van der Waals surface area contributed by atoms with Crippen molar-refractivity contribution in [1.82, 2.24) is 10.3 Å². The molecule has 0 saturated carbocycles. The number of benzene rings is 1. The Hall–Kier alpha value is -1.72. The maximum absolute atomic E-state index is 12.0. The van der Waals surface area contributed by atoms with E-state index in [9.17, 15) is 4.79 Å². The van der Waals surface area contributed by atoms with Crippen LogP contribution < -0.4 is 10.6 Å². The maximum Gasteiger partial charge on any atom is 0.257 e. The Balaban J connectivity index is 1.75. The molecule has 2 aromatic rings. The third kappa shape index (κ3) is 2.83. The molecule has 3 rings (SSSR count). The first-order valence-electron chi connectivity index (χ1n) is 6.38. The molecule has 0 bridgehead atoms. The van der Waals surface area contributed by atoms with Crippen LogP contribution in [0, 0.1) is 0 Å². The minimum Gasteiger partial charge on any atom is -0.316 e. The Bertz CT molecular complexity index is 556. The fourth-order valence-electron chi connectivity index (χ4n) is 2.12. The van der Waals surface area contributed by atoms with Gasteiger partial charge in [0.25, 0.3) is 5.91 Å². The van der Waals surface area contributed by atoms with E-state index in [1.165, 1.54) is 4.88 Å². The lowest BCUT2D eigenvalue weighted by molar-refractivity contribution is 0.102. The van der Waals surface area contributed by atoms with E-state index < -0.39 is 0 Å². The van der Waals surface area contributed by atoms with Crippen LogP contribution in [-0.4, -0.2) is 24.0 Å². The number of rotatable bonds is 2. The largest absolute Gasteiger partial charge is 0.316 e. The SMILES string of the molecule is O=C(Nc1nc2c(s1)CCNCC2)c1ccccc1. The predicted molar refractivity (Wildman–Crippen MR) is 76.8 cm³/mol. The molecule has 1 aliphatic rings. The first-order valence-corrected chi connectivity index (χ1v) is 7.20. The van der Waals surface area contributed by atoms with Crippen molar-refractivity contribution in [1.29, 1.82) is 0 Å². The highest BCUT2D eigenvalue weighted by Crippen LogP contribution is 2.25. The lowest BCUT2D eigenvalue weighted by atomic mass is 10.2. The van der Waals surface area contributed by atoms with E-state index in [-0.39, 0.29) is 5.91 Å². The molecule has 0 fully saturated rings. The van der Waals surface area contributed by atoms with E-state index in [4.69, 9.17) is 0 Å². The molecule has 19 heavy (non-hydrogen) atoms. The molecule has 98 valence electrons. The fourth-order valence-corrected chi connectivity index (χ4v) is 3.12. The molecule has 0 atom stereocenters. The number of carbonyl (C=O) groups is 1. The van der Waals surface area contributed by atoms with Crippen LogP contribution in [-0.2, 0) is 12.8 Å². The van der Waals surface area contributed by atoms with Crippen molar-refractivity contribution < 1.29 is 4.79 Å². The summed E-state index contributed by atoms with van der Waals surface area (Å²) in [7, 11) is 0. The van der Waals surface area contributed by atoms with Gasteiger partial charge in [0.2, 0.25) is 0 Å². The Morgan fingerprint density at radius 3 is 2.84 bits per heavy atom. The number of carbonyl (C=O) groups excluding carboxylic acids is 1. The molecule has 0 saturated heterocycles. The third-order valence-electron chi connectivity index (χ3n) is 3.10. The quantitative estimate of drug-likeness (QED) is 0.881. The van der Waals surface area contributed by atoms with Crippen LogP contribution in [0.4, 0.5) is 5.13 Å². The molecule has 1 aromatic heterocycles. The number of hydrogen-bond acceptors (Lipinski definition) is 4. The Morgan fingerprint density at radius 1 is 1.21 bits per heavy atom. The van der Waals surface area contributed by atoms with Crippen LogP contribution in [0.5, 0.6) is 0 Å². The minimum atomic E-state index is -0.0948. The van der Waals surface area contributed by atoms with Gasteiger partial charge in [0, 0.05) is 30.0 Å². The summed E-state index contributed by atoms with van der Waals surface area (Å²) in [4.78, 5) is 17.8. The van der Waals surface area contributed by atoms with Crippen LogP contribution in [0.1, 0.15) is 20.9 Å². The van der Waals surface area contributed by atoms with Crippen LogP contribution in [0.3, 0.4) is 0 Å². The van der Waals surface area contributed by atoms with Gasteiger partial charge in [-0.3, -0.25) is 10.1 Å². The van der Waals surface area contributed by atoms with Crippen molar-refractivity contribution in [2.45, 2.75) is 12.8 Å². The highest BCUT2D eigenvalue weighted by atomic mass is 32.1. The van der Waals surface area contributed by atoms with E-state index in [1.807, 2.05) is 18.2 Å². The van der Waals surface area contributed by atoms with E-state index in [0.717, 1.165) is 31.6 Å². The highest BCUT2D eigenvalue weighted by Gasteiger charge is 2.15. The molecule has 2 N–H and O–H groups in total. The van der Waals surface area contributed by atoms with Crippen molar-refractivity contribution in [2.24, 2.45) is 0 Å². The minimum absolute atomic E-state index is 0.0948. The average Bonchev–Trinajstić information content (AvgIpc) is 2.69. The van der Waals surface area contributed by atoms with E-state index in [0.29, 0.717) is 10.7 Å². The summed E-state index contributed by atoms with van der Waals surface area (Å²) in [5.74, 6) is -0.0948. The highest BCUT2D eigenvalue weighted by molar-refractivity contribution is 7.15. The Morgan fingerprint density at radius 2 is 2.00 bits per heavy atom. The van der Waals surface area contributed by atoms with Crippen molar-refractivity contribution in [3.05, 3.63) is 46.5 Å². The number of hydrogen-bond donors (Lipinski definition) is 2. The lowest BCUT2D eigenvalue weighted by Gasteiger charge is -2.01. The predicted octanol–water partition coefficient (Wildman–Crippen LogP) is 2.08. The zero-order chi connectivity index (χ0) is 13.1. The third-order valence-corrected chi connectivity index (χ3v) is 4.17. The molecular formula is C14H15N3OS. The first-order chi connectivity index (χ1) is 9.33. The van der Waals surface area contributed by atoms with Gasteiger partial charge in [-0.25, -0.2) is 4.98 Å². The van der Waals surface area contributed by atoms with Crippen LogP contribution in [0.2, 0.25) is 0 Å². The lowest BCUT2D eigenvalue weighted by Crippen LogP contribution is -2.16. The van der Waals surface area contributed by atoms with Crippen molar-refractivity contribution in [2.75, 3.05) is 18.4 Å². The summed E-state index contributed by atoms with van der Waals surface area (Å²) in [6.45, 7) is 1.95. The standard InChI is InChI=1S/C14H15N3OS/c18-13(10-4-2-1-3-5-10)17-14-16-11-6-8-15-9-7-12(11)19-14/h1-5,15H,6-9H2,(H,16,17,18). The summed E-state index contributed by atoms with van der Waals surface area (Å²) >= 11 is 1.59. The topological polar surface area (TPSA) is 54.0 Å². The number of thiazole rings is 1. The van der Waals surface area contributed by atoms with Gasteiger partial charge in [0.05, 0.1) is 5.69 Å². The van der Waals surface area contributed by atoms with E-state index >= 15 is 0 Å². The number of nitrogens with zero attached hydrogens (tertiary/aromatic N) is 1. The van der Waals surface area contributed by atoms with Gasteiger partial charge >= 0.3 is 0 Å². The van der Waals surface area contributed by atoms with E-state index in [1.54, 1.807) is 23.5 Å². The molecule has 0 unspecified atom stereocenters. The molecule has 0 radical (unpaired) electrons. The molecule has 4 nitrogen and oxygen atoms in total. The van der Waals surface area contributed by atoms with Gasteiger partial charge < -0.3 is 5.32 Å². The van der Waals surface area contributed by atoms with Crippen molar-refractivity contribution in [3.8, 4) is 0 Å². The van der Waals surface area contributed by atoms with E-state index in [2.05, 4.69) is 15.6 Å². The Labute approximate surface area is 115 Å². The zero-order valence-electron chi connectivity index (χ0n) is 10.5. The summed E-state index contributed by atoms with van der Waals surface area (Å²) in [6, 6.07) is 9.22. The molecule has 0 aliphatic carbocycles. The number of nitrogens with one attached hydrogen (secondary N) is 2. The summed E-state index contributed by atoms with van der Waals surface area (Å²) < 4.78 is 0. The number of amides is 1. The molecule has 0 spiro atoms. The molecule has 1 aliphatic heterocycles. The first kappa shape index (κ1) is 12.3. The molecular weight excluding hydrogens is 258 g/mol. The second kappa shape index (κ2) is 5.50. The zero-order valence-corrected chi connectivity index (χ0v) is 11.3. The molecule has 5 heteroatoms. The fraction of sp³-hybridized carbons (Fsp3) is 0.286. The van der Waals surface area contributed by atoms with Crippen molar-refractivity contribution >= 4 is 22.4 Å². The van der Waals surface area contributed by atoms with Gasteiger partial charge in [-0.1, -0.05) is 18.2 Å². The normalized spacial score (nSPS) is 14.5.